The zero-order valence-corrected chi connectivity index (χ0v) is 15.8. The van der Waals surface area contributed by atoms with Crippen LogP contribution in [0.5, 0.6) is 5.75 Å². The van der Waals surface area contributed by atoms with Crippen molar-refractivity contribution in [1.82, 2.24) is 10.2 Å². The molecule has 7 heteroatoms. The zero-order valence-electron chi connectivity index (χ0n) is 15.0. The van der Waals surface area contributed by atoms with E-state index in [1.807, 2.05) is 31.2 Å². The lowest BCUT2D eigenvalue weighted by Crippen LogP contribution is -2.29. The molecule has 0 aliphatic rings. The Labute approximate surface area is 158 Å². The third kappa shape index (κ3) is 5.67. The van der Waals surface area contributed by atoms with Crippen molar-refractivity contribution >= 4 is 29.2 Å². The Bertz CT molecular complexity index is 793. The van der Waals surface area contributed by atoms with Gasteiger partial charge in [-0.3, -0.25) is 4.79 Å². The van der Waals surface area contributed by atoms with Crippen LogP contribution < -0.4 is 15.4 Å². The number of aryl methyl sites for hydroxylation is 1. The van der Waals surface area contributed by atoms with Gasteiger partial charge in [-0.15, -0.1) is 0 Å². The zero-order chi connectivity index (χ0) is 19.1. The van der Waals surface area contributed by atoms with Gasteiger partial charge in [0.15, 0.2) is 6.61 Å². The van der Waals surface area contributed by atoms with E-state index in [-0.39, 0.29) is 12.5 Å². The van der Waals surface area contributed by atoms with E-state index >= 15 is 0 Å². The Morgan fingerprint density at radius 3 is 2.58 bits per heavy atom. The lowest BCUT2D eigenvalue weighted by atomic mass is 10.2. The first-order valence-corrected chi connectivity index (χ1v) is 8.46. The van der Waals surface area contributed by atoms with E-state index in [2.05, 4.69) is 10.6 Å². The highest BCUT2D eigenvalue weighted by Gasteiger charge is 2.11. The maximum Gasteiger partial charge on any atom is 0.319 e. The molecule has 2 rings (SSSR count). The van der Waals surface area contributed by atoms with E-state index in [4.69, 9.17) is 16.3 Å². The van der Waals surface area contributed by atoms with Crippen LogP contribution in [0.2, 0.25) is 5.02 Å². The summed E-state index contributed by atoms with van der Waals surface area (Å²) in [5.74, 6) is 0.272. The number of ether oxygens (including phenoxy) is 1. The lowest BCUT2D eigenvalue weighted by molar-refractivity contribution is -0.130. The van der Waals surface area contributed by atoms with Crippen LogP contribution in [0.4, 0.5) is 10.5 Å². The summed E-state index contributed by atoms with van der Waals surface area (Å²) in [5.41, 5.74) is 2.26. The van der Waals surface area contributed by atoms with Crippen LogP contribution in [0.1, 0.15) is 11.1 Å². The molecule has 0 aliphatic heterocycles. The Balaban J connectivity index is 2.00. The van der Waals surface area contributed by atoms with Crippen molar-refractivity contribution in [3.8, 4) is 5.75 Å². The van der Waals surface area contributed by atoms with Crippen molar-refractivity contribution in [2.75, 3.05) is 26.0 Å². The van der Waals surface area contributed by atoms with Crippen molar-refractivity contribution < 1.29 is 14.3 Å². The fourth-order valence-electron chi connectivity index (χ4n) is 2.10. The second kappa shape index (κ2) is 9.10. The predicted molar refractivity (Wildman–Crippen MR) is 103 cm³/mol. The summed E-state index contributed by atoms with van der Waals surface area (Å²) in [6.07, 6.45) is 0. The second-order valence-electron chi connectivity index (χ2n) is 5.98. The highest BCUT2D eigenvalue weighted by atomic mass is 35.5. The predicted octanol–water partition coefficient (Wildman–Crippen LogP) is 3.44. The topological polar surface area (TPSA) is 70.7 Å². The molecule has 0 unspecified atom stereocenters. The molecule has 0 spiro atoms. The number of nitrogens with zero attached hydrogens (tertiary/aromatic N) is 1. The van der Waals surface area contributed by atoms with Gasteiger partial charge in [0.2, 0.25) is 0 Å². The normalized spacial score (nSPS) is 10.2. The summed E-state index contributed by atoms with van der Waals surface area (Å²) in [6.45, 7) is 2.10. The molecule has 3 amide bonds. The average Bonchev–Trinajstić information content (AvgIpc) is 2.60. The minimum Gasteiger partial charge on any atom is -0.482 e. The Morgan fingerprint density at radius 1 is 1.15 bits per heavy atom. The van der Waals surface area contributed by atoms with Gasteiger partial charge >= 0.3 is 6.03 Å². The van der Waals surface area contributed by atoms with Gasteiger partial charge in [-0.25, -0.2) is 4.79 Å². The highest BCUT2D eigenvalue weighted by Crippen LogP contribution is 2.26. The van der Waals surface area contributed by atoms with E-state index in [1.165, 1.54) is 4.90 Å². The monoisotopic (exact) mass is 375 g/mol. The molecule has 0 heterocycles. The number of hydrogen-bond acceptors (Lipinski definition) is 3. The number of anilines is 1. The number of urea groups is 1. The molecule has 0 atom stereocenters. The van der Waals surface area contributed by atoms with Crippen LogP contribution in [0.25, 0.3) is 0 Å². The molecule has 0 aromatic heterocycles. The first kappa shape index (κ1) is 19.6. The number of carbonyl (C=O) groups is 2. The third-order valence-corrected chi connectivity index (χ3v) is 4.00. The summed E-state index contributed by atoms with van der Waals surface area (Å²) in [4.78, 5) is 25.3. The molecule has 6 nitrogen and oxygen atoms in total. The second-order valence-corrected chi connectivity index (χ2v) is 6.38. The molecule has 0 fully saturated rings. The number of nitrogens with one attached hydrogen (secondary N) is 2. The molecule has 2 aromatic rings. The summed E-state index contributed by atoms with van der Waals surface area (Å²) >= 11 is 6.08. The van der Waals surface area contributed by atoms with Crippen molar-refractivity contribution in [1.29, 1.82) is 0 Å². The van der Waals surface area contributed by atoms with E-state index in [0.717, 1.165) is 11.1 Å². The summed E-state index contributed by atoms with van der Waals surface area (Å²) in [7, 11) is 3.31. The van der Waals surface area contributed by atoms with Crippen LogP contribution in [-0.2, 0) is 11.3 Å². The highest BCUT2D eigenvalue weighted by molar-refractivity contribution is 6.31. The lowest BCUT2D eigenvalue weighted by Gasteiger charge is -2.15. The number of carbonyl (C=O) groups excluding carboxylic acids is 2. The van der Waals surface area contributed by atoms with Crippen LogP contribution in [0, 0.1) is 6.92 Å². The van der Waals surface area contributed by atoms with Gasteiger partial charge in [-0.1, -0.05) is 35.9 Å². The number of halogens is 1. The first-order chi connectivity index (χ1) is 12.4. The molecule has 2 N–H and O–H groups in total. The van der Waals surface area contributed by atoms with E-state index in [9.17, 15) is 9.59 Å². The maximum atomic E-state index is 12.2. The van der Waals surface area contributed by atoms with Gasteiger partial charge < -0.3 is 20.3 Å². The Kier molecular flexibility index (Phi) is 6.86. The van der Waals surface area contributed by atoms with Gasteiger partial charge in [-0.05, 0) is 36.2 Å². The van der Waals surface area contributed by atoms with Gasteiger partial charge in [0.1, 0.15) is 5.75 Å². The quantitative estimate of drug-likeness (QED) is 0.812. The average molecular weight is 376 g/mol. The number of amides is 3. The third-order valence-electron chi connectivity index (χ3n) is 3.63. The van der Waals surface area contributed by atoms with Crippen molar-refractivity contribution in [3.05, 3.63) is 58.6 Å². The molecule has 138 valence electrons. The fraction of sp³-hybridized carbons (Fsp3) is 0.263. The SMILES string of the molecule is Cc1ccc(NC(=O)NCc2ccccc2Cl)c(OCC(=O)N(C)C)c1. The van der Waals surface area contributed by atoms with Crippen LogP contribution in [0.15, 0.2) is 42.5 Å². The summed E-state index contributed by atoms with van der Waals surface area (Å²) in [6, 6.07) is 12.3. The molecule has 2 aromatic carbocycles. The van der Waals surface area contributed by atoms with Crippen LogP contribution in [-0.4, -0.2) is 37.5 Å². The minimum absolute atomic E-state index is 0.105. The molecule has 0 radical (unpaired) electrons. The fourth-order valence-corrected chi connectivity index (χ4v) is 2.31. The van der Waals surface area contributed by atoms with Crippen LogP contribution in [0.3, 0.4) is 0 Å². The summed E-state index contributed by atoms with van der Waals surface area (Å²) in [5, 5.41) is 6.08. The van der Waals surface area contributed by atoms with Crippen molar-refractivity contribution in [3.63, 3.8) is 0 Å². The maximum absolute atomic E-state index is 12.2. The van der Waals surface area contributed by atoms with Gasteiger partial charge in [0, 0.05) is 25.7 Å². The van der Waals surface area contributed by atoms with Crippen molar-refractivity contribution in [2.24, 2.45) is 0 Å². The Hall–Kier alpha value is -2.73. The number of benzene rings is 2. The first-order valence-electron chi connectivity index (χ1n) is 8.08. The molecule has 0 bridgehead atoms. The smallest absolute Gasteiger partial charge is 0.319 e. The molecule has 0 saturated carbocycles. The molecule has 26 heavy (non-hydrogen) atoms. The number of hydrogen-bond donors (Lipinski definition) is 2. The van der Waals surface area contributed by atoms with Crippen molar-refractivity contribution in [2.45, 2.75) is 13.5 Å². The number of likely N-dealkylation sites (N-methyl/N-ethyl adjacent to an activating group) is 1. The van der Waals surface area contributed by atoms with Gasteiger partial charge in [0.05, 0.1) is 5.69 Å². The van der Waals surface area contributed by atoms with Gasteiger partial charge in [0.25, 0.3) is 5.91 Å². The molecular weight excluding hydrogens is 354 g/mol. The molecule has 0 aliphatic carbocycles. The summed E-state index contributed by atoms with van der Waals surface area (Å²) < 4.78 is 5.57. The van der Waals surface area contributed by atoms with E-state index in [0.29, 0.717) is 23.0 Å². The molecular formula is C19H22ClN3O3. The van der Waals surface area contributed by atoms with E-state index in [1.54, 1.807) is 32.3 Å². The van der Waals surface area contributed by atoms with E-state index < -0.39 is 6.03 Å². The molecule has 0 saturated heterocycles. The standard InChI is InChI=1S/C19H22ClN3O3/c1-13-8-9-16(17(10-13)26-12-18(24)23(2)3)22-19(25)21-11-14-6-4-5-7-15(14)20/h4-10H,11-12H2,1-3H3,(H2,21,22,25). The van der Waals surface area contributed by atoms with Gasteiger partial charge in [-0.2, -0.15) is 0 Å². The number of rotatable bonds is 6. The largest absolute Gasteiger partial charge is 0.482 e. The van der Waals surface area contributed by atoms with Crippen LogP contribution >= 0.6 is 11.6 Å². The Morgan fingerprint density at radius 2 is 1.88 bits per heavy atom. The minimum atomic E-state index is -0.391.